The second kappa shape index (κ2) is 9.73. The van der Waals surface area contributed by atoms with Crippen LogP contribution in [-0.2, 0) is 4.79 Å². The lowest BCUT2D eigenvalue weighted by Crippen LogP contribution is -2.28. The molecule has 2 aromatic rings. The van der Waals surface area contributed by atoms with Crippen molar-refractivity contribution in [2.45, 2.75) is 25.8 Å². The molecule has 0 spiro atoms. The molecule has 5 nitrogen and oxygen atoms in total. The normalized spacial score (nSPS) is 11.8. The molecule has 0 aliphatic heterocycles. The van der Waals surface area contributed by atoms with E-state index in [4.69, 9.17) is 0 Å². The van der Waals surface area contributed by atoms with Gasteiger partial charge in [-0.25, -0.2) is 0 Å². The highest BCUT2D eigenvalue weighted by molar-refractivity contribution is 5.96. The number of benzene rings is 2. The van der Waals surface area contributed by atoms with Crippen molar-refractivity contribution in [3.8, 4) is 0 Å². The molecule has 0 saturated carbocycles. The van der Waals surface area contributed by atoms with Gasteiger partial charge in [0, 0.05) is 11.3 Å². The first-order chi connectivity index (χ1) is 12.5. The molecule has 5 heteroatoms. The molecule has 0 saturated heterocycles. The third kappa shape index (κ3) is 6.01. The summed E-state index contributed by atoms with van der Waals surface area (Å²) in [5, 5.41) is 5.92. The number of hydrogen-bond donors (Lipinski definition) is 2. The number of rotatable bonds is 8. The van der Waals surface area contributed by atoms with E-state index in [2.05, 4.69) is 17.6 Å². The van der Waals surface area contributed by atoms with E-state index in [9.17, 15) is 9.59 Å². The van der Waals surface area contributed by atoms with E-state index in [1.807, 2.05) is 44.4 Å². The molecule has 0 aromatic heterocycles. The molecular formula is C21H27N3O2. The molecule has 0 aliphatic carbocycles. The lowest BCUT2D eigenvalue weighted by Gasteiger charge is -2.19. The quantitative estimate of drug-likeness (QED) is 0.764. The van der Waals surface area contributed by atoms with Crippen molar-refractivity contribution >= 4 is 17.5 Å². The highest BCUT2D eigenvalue weighted by atomic mass is 16.2. The van der Waals surface area contributed by atoms with Crippen LogP contribution in [0.1, 0.15) is 41.7 Å². The van der Waals surface area contributed by atoms with E-state index in [1.165, 1.54) is 0 Å². The summed E-state index contributed by atoms with van der Waals surface area (Å²) >= 11 is 0. The van der Waals surface area contributed by atoms with Gasteiger partial charge in [0.05, 0.1) is 12.6 Å². The van der Waals surface area contributed by atoms with E-state index < -0.39 is 0 Å². The second-order valence-electron chi connectivity index (χ2n) is 6.59. The van der Waals surface area contributed by atoms with E-state index in [0.717, 1.165) is 18.4 Å². The molecule has 2 rings (SSSR count). The molecular weight excluding hydrogens is 326 g/mol. The van der Waals surface area contributed by atoms with Crippen molar-refractivity contribution in [2.24, 2.45) is 0 Å². The summed E-state index contributed by atoms with van der Waals surface area (Å²) in [6, 6.07) is 17.0. The van der Waals surface area contributed by atoms with Gasteiger partial charge in [-0.1, -0.05) is 43.7 Å². The third-order valence-corrected chi connectivity index (χ3v) is 3.98. The number of anilines is 1. The average molecular weight is 353 g/mol. The van der Waals surface area contributed by atoms with Gasteiger partial charge < -0.3 is 15.5 Å². The number of nitrogens with one attached hydrogen (secondary N) is 2. The summed E-state index contributed by atoms with van der Waals surface area (Å²) in [6.07, 6.45) is 1.87. The molecule has 0 heterocycles. The molecule has 0 fully saturated rings. The van der Waals surface area contributed by atoms with Gasteiger partial charge in [-0.3, -0.25) is 9.59 Å². The highest BCUT2D eigenvalue weighted by Gasteiger charge is 2.15. The Morgan fingerprint density at radius 2 is 1.65 bits per heavy atom. The van der Waals surface area contributed by atoms with E-state index in [1.54, 1.807) is 29.2 Å². The Balaban J connectivity index is 2.01. The molecule has 0 aliphatic rings. The first-order valence-corrected chi connectivity index (χ1v) is 8.90. The van der Waals surface area contributed by atoms with Gasteiger partial charge in [-0.2, -0.15) is 0 Å². The number of carbonyl (C=O) groups excluding carboxylic acids is 2. The molecule has 0 bridgehead atoms. The molecule has 1 unspecified atom stereocenters. The monoisotopic (exact) mass is 353 g/mol. The number of amides is 2. The van der Waals surface area contributed by atoms with E-state index in [0.29, 0.717) is 17.8 Å². The zero-order chi connectivity index (χ0) is 18.9. The lowest BCUT2D eigenvalue weighted by atomic mass is 10.0. The van der Waals surface area contributed by atoms with Gasteiger partial charge >= 0.3 is 0 Å². The van der Waals surface area contributed by atoms with Crippen LogP contribution in [0, 0.1) is 0 Å². The fraction of sp³-hybridized carbons (Fsp3) is 0.333. The minimum Gasteiger partial charge on any atom is -0.345 e. The van der Waals surface area contributed by atoms with Gasteiger partial charge in [-0.05, 0) is 50.3 Å². The summed E-state index contributed by atoms with van der Waals surface area (Å²) in [7, 11) is 3.68. The molecule has 26 heavy (non-hydrogen) atoms. The number of nitrogens with zero attached hydrogens (tertiary/aromatic N) is 1. The van der Waals surface area contributed by atoms with Crippen molar-refractivity contribution in [3.05, 3.63) is 65.7 Å². The van der Waals surface area contributed by atoms with Crippen LogP contribution >= 0.6 is 0 Å². The van der Waals surface area contributed by atoms with Gasteiger partial charge in [0.2, 0.25) is 5.91 Å². The standard InChI is InChI=1S/C21H27N3O2/c1-4-8-19(16-9-6-5-7-10-16)23-21(26)17-11-13-18(14-12-17)22-20(25)15-24(2)3/h5-7,9-14,19H,4,8,15H2,1-3H3,(H,22,25)(H,23,26). The van der Waals surface area contributed by atoms with Crippen LogP contribution in [0.2, 0.25) is 0 Å². The Hall–Kier alpha value is -2.66. The van der Waals surface area contributed by atoms with Gasteiger partial charge in [0.15, 0.2) is 0 Å². The molecule has 138 valence electrons. The zero-order valence-electron chi connectivity index (χ0n) is 15.7. The van der Waals surface area contributed by atoms with E-state index >= 15 is 0 Å². The first-order valence-electron chi connectivity index (χ1n) is 8.90. The zero-order valence-corrected chi connectivity index (χ0v) is 15.7. The molecule has 2 N–H and O–H groups in total. The van der Waals surface area contributed by atoms with Crippen LogP contribution in [0.25, 0.3) is 0 Å². The Bertz CT molecular complexity index is 712. The molecule has 2 amide bonds. The maximum atomic E-state index is 12.6. The van der Waals surface area contributed by atoms with Crippen LogP contribution < -0.4 is 10.6 Å². The maximum Gasteiger partial charge on any atom is 0.251 e. The van der Waals surface area contributed by atoms with Crippen LogP contribution in [0.15, 0.2) is 54.6 Å². The minimum absolute atomic E-state index is 0.00632. The number of hydrogen-bond acceptors (Lipinski definition) is 3. The van der Waals surface area contributed by atoms with Gasteiger partial charge in [0.25, 0.3) is 5.91 Å². The van der Waals surface area contributed by atoms with Gasteiger partial charge in [-0.15, -0.1) is 0 Å². The minimum atomic E-state index is -0.113. The largest absolute Gasteiger partial charge is 0.345 e. The average Bonchev–Trinajstić information content (AvgIpc) is 2.62. The van der Waals surface area contributed by atoms with Crippen molar-refractivity contribution in [1.29, 1.82) is 0 Å². The van der Waals surface area contributed by atoms with Crippen LogP contribution in [0.3, 0.4) is 0 Å². The maximum absolute atomic E-state index is 12.6. The predicted octanol–water partition coefficient (Wildman–Crippen LogP) is 3.46. The second-order valence-corrected chi connectivity index (χ2v) is 6.59. The Labute approximate surface area is 155 Å². The topological polar surface area (TPSA) is 61.4 Å². The van der Waals surface area contributed by atoms with Crippen molar-refractivity contribution in [2.75, 3.05) is 26.0 Å². The fourth-order valence-electron chi connectivity index (χ4n) is 2.73. The fourth-order valence-corrected chi connectivity index (χ4v) is 2.73. The Kier molecular flexibility index (Phi) is 7.36. The number of likely N-dealkylation sites (N-methyl/N-ethyl adjacent to an activating group) is 1. The van der Waals surface area contributed by atoms with Crippen LogP contribution in [0.4, 0.5) is 5.69 Å². The van der Waals surface area contributed by atoms with E-state index in [-0.39, 0.29) is 17.9 Å². The van der Waals surface area contributed by atoms with Crippen LogP contribution in [0.5, 0.6) is 0 Å². The van der Waals surface area contributed by atoms with Gasteiger partial charge in [0.1, 0.15) is 0 Å². The highest BCUT2D eigenvalue weighted by Crippen LogP contribution is 2.19. The summed E-state index contributed by atoms with van der Waals surface area (Å²) in [6.45, 7) is 2.42. The van der Waals surface area contributed by atoms with Crippen LogP contribution in [-0.4, -0.2) is 37.4 Å². The first kappa shape index (κ1) is 19.7. The van der Waals surface area contributed by atoms with Crippen molar-refractivity contribution < 1.29 is 9.59 Å². The molecule has 1 atom stereocenters. The smallest absolute Gasteiger partial charge is 0.251 e. The lowest BCUT2D eigenvalue weighted by molar-refractivity contribution is -0.116. The molecule has 2 aromatic carbocycles. The summed E-state index contributed by atoms with van der Waals surface area (Å²) in [5.41, 5.74) is 2.37. The SMILES string of the molecule is CCCC(NC(=O)c1ccc(NC(=O)CN(C)C)cc1)c1ccccc1. The molecule has 0 radical (unpaired) electrons. The van der Waals surface area contributed by atoms with Crippen molar-refractivity contribution in [1.82, 2.24) is 10.2 Å². The third-order valence-electron chi connectivity index (χ3n) is 3.98. The number of carbonyl (C=O) groups is 2. The predicted molar refractivity (Wildman–Crippen MR) is 105 cm³/mol. The van der Waals surface area contributed by atoms with Crippen molar-refractivity contribution in [3.63, 3.8) is 0 Å². The Morgan fingerprint density at radius 3 is 2.23 bits per heavy atom. The summed E-state index contributed by atoms with van der Waals surface area (Å²) < 4.78 is 0. The Morgan fingerprint density at radius 1 is 1.00 bits per heavy atom. The summed E-state index contributed by atoms with van der Waals surface area (Å²) in [5.74, 6) is -0.197. The summed E-state index contributed by atoms with van der Waals surface area (Å²) in [4.78, 5) is 26.2.